The van der Waals surface area contributed by atoms with Crippen LogP contribution in [0.4, 0.5) is 5.95 Å². The Morgan fingerprint density at radius 3 is 2.51 bits per heavy atom. The van der Waals surface area contributed by atoms with E-state index >= 15 is 0 Å². The van der Waals surface area contributed by atoms with Crippen LogP contribution in [-0.2, 0) is 11.3 Å². The molecule has 182 valence electrons. The van der Waals surface area contributed by atoms with E-state index in [4.69, 9.17) is 0 Å². The summed E-state index contributed by atoms with van der Waals surface area (Å²) in [5, 5.41) is 12.2. The Labute approximate surface area is 208 Å². The number of aromatic amines is 1. The average molecular weight is 492 g/mol. The van der Waals surface area contributed by atoms with Crippen molar-refractivity contribution in [1.82, 2.24) is 19.5 Å². The second kappa shape index (κ2) is 10.4. The van der Waals surface area contributed by atoms with Gasteiger partial charge in [0.2, 0.25) is 5.95 Å². The number of imidazole rings is 2. The Balaban J connectivity index is 1.58. The minimum atomic E-state index is -0.929. The van der Waals surface area contributed by atoms with Crippen LogP contribution in [0.2, 0.25) is 0 Å². The summed E-state index contributed by atoms with van der Waals surface area (Å²) < 4.78 is 1.08. The van der Waals surface area contributed by atoms with Gasteiger partial charge in [0.05, 0.1) is 11.0 Å². The van der Waals surface area contributed by atoms with Crippen LogP contribution in [0.25, 0.3) is 22.4 Å². The number of aliphatic carboxylic acids is 1. The van der Waals surface area contributed by atoms with Crippen LogP contribution in [0, 0.1) is 0 Å². The molecule has 2 heterocycles. The molecule has 0 bridgehead atoms. The van der Waals surface area contributed by atoms with Crippen molar-refractivity contribution in [2.24, 2.45) is 0 Å². The number of hydrogen-bond donors (Lipinski definition) is 3. The Bertz CT molecular complexity index is 1310. The van der Waals surface area contributed by atoms with Gasteiger partial charge in [0.1, 0.15) is 16.3 Å². The Hall–Kier alpha value is -3.59. The van der Waals surface area contributed by atoms with Crippen molar-refractivity contribution in [3.8, 4) is 11.4 Å². The maximum Gasteiger partial charge on any atom is 0.319 e. The third kappa shape index (κ3) is 5.74. The molecule has 0 aliphatic rings. The first-order valence-electron chi connectivity index (χ1n) is 11.6. The van der Waals surface area contributed by atoms with Crippen LogP contribution in [0.3, 0.4) is 0 Å². The van der Waals surface area contributed by atoms with E-state index in [1.807, 2.05) is 53.1 Å². The molecule has 2 aromatic carbocycles. The van der Waals surface area contributed by atoms with Gasteiger partial charge in [-0.05, 0) is 44.5 Å². The van der Waals surface area contributed by atoms with Gasteiger partial charge >= 0.3 is 5.97 Å². The number of carbonyl (C=O) groups is 2. The fourth-order valence-electron chi connectivity index (χ4n) is 3.65. The second-order valence-electron chi connectivity index (χ2n) is 8.85. The zero-order valence-electron chi connectivity index (χ0n) is 20.0. The lowest BCUT2D eigenvalue weighted by Gasteiger charge is -2.18. The van der Waals surface area contributed by atoms with Gasteiger partial charge in [0.25, 0.3) is 5.91 Å². The fourth-order valence-corrected chi connectivity index (χ4v) is 4.60. The predicted octanol–water partition coefficient (Wildman–Crippen LogP) is 5.82. The molecule has 0 saturated carbocycles. The number of rotatable bonds is 10. The van der Waals surface area contributed by atoms with Crippen molar-refractivity contribution in [2.75, 3.05) is 5.32 Å². The number of anilines is 1. The van der Waals surface area contributed by atoms with E-state index in [9.17, 15) is 14.7 Å². The van der Waals surface area contributed by atoms with E-state index in [0.717, 1.165) is 47.3 Å². The van der Waals surface area contributed by atoms with Gasteiger partial charge in [-0.25, -0.2) is 9.97 Å². The summed E-state index contributed by atoms with van der Waals surface area (Å²) in [7, 11) is 0. The number of para-hydroxylation sites is 2. The number of hydrogen-bond acceptors (Lipinski definition) is 5. The maximum atomic E-state index is 13.0. The lowest BCUT2D eigenvalue weighted by Crippen LogP contribution is -2.26. The number of benzene rings is 2. The molecular formula is C26H29N5O3S. The van der Waals surface area contributed by atoms with Gasteiger partial charge in [0.15, 0.2) is 0 Å². The standard InChI is InChI=1S/C26H29N5O3S/c1-4-5-8-15-31-16-21(23(32)30-25-28-19-9-6-7-10-20(19)29-25)27-22(31)17-11-13-18(14-12-17)35-26(2,3)24(33)34/h6-7,9-14,16H,4-5,8,15H2,1-3H3,(H,33,34)(H2,28,29,30,32). The van der Waals surface area contributed by atoms with Crippen molar-refractivity contribution < 1.29 is 14.7 Å². The van der Waals surface area contributed by atoms with Crippen molar-refractivity contribution in [3.63, 3.8) is 0 Å². The zero-order chi connectivity index (χ0) is 25.0. The highest BCUT2D eigenvalue weighted by Crippen LogP contribution is 2.34. The normalized spacial score (nSPS) is 11.6. The second-order valence-corrected chi connectivity index (χ2v) is 10.5. The van der Waals surface area contributed by atoms with Crippen LogP contribution in [0.1, 0.15) is 50.5 Å². The highest BCUT2D eigenvalue weighted by molar-refractivity contribution is 8.01. The van der Waals surface area contributed by atoms with Crippen LogP contribution >= 0.6 is 11.8 Å². The van der Waals surface area contributed by atoms with Crippen LogP contribution in [0.5, 0.6) is 0 Å². The molecule has 0 atom stereocenters. The van der Waals surface area contributed by atoms with Gasteiger partial charge in [-0.2, -0.15) is 0 Å². The monoisotopic (exact) mass is 491 g/mol. The van der Waals surface area contributed by atoms with Gasteiger partial charge in [-0.3, -0.25) is 14.9 Å². The Morgan fingerprint density at radius 2 is 1.83 bits per heavy atom. The highest BCUT2D eigenvalue weighted by atomic mass is 32.2. The van der Waals surface area contributed by atoms with E-state index in [0.29, 0.717) is 17.5 Å². The number of carboxylic acid groups (broad SMARTS) is 1. The molecule has 3 N–H and O–H groups in total. The molecule has 1 amide bonds. The topological polar surface area (TPSA) is 113 Å². The molecular weight excluding hydrogens is 462 g/mol. The SMILES string of the molecule is CCCCCn1cc(C(=O)Nc2nc3ccccc3[nH]2)nc1-c1ccc(SC(C)(C)C(=O)O)cc1. The number of nitrogens with zero attached hydrogens (tertiary/aromatic N) is 3. The number of thioether (sulfide) groups is 1. The maximum absolute atomic E-state index is 13.0. The zero-order valence-corrected chi connectivity index (χ0v) is 20.9. The van der Waals surface area contributed by atoms with Gasteiger partial charge in [-0.1, -0.05) is 44.0 Å². The molecule has 4 aromatic rings. The number of nitrogens with one attached hydrogen (secondary N) is 2. The fraction of sp³-hybridized carbons (Fsp3) is 0.308. The number of carbonyl (C=O) groups excluding carboxylic acids is 1. The van der Waals surface area contributed by atoms with Crippen LogP contribution in [-0.4, -0.2) is 41.2 Å². The smallest absolute Gasteiger partial charge is 0.319 e. The number of amides is 1. The highest BCUT2D eigenvalue weighted by Gasteiger charge is 2.28. The van der Waals surface area contributed by atoms with E-state index in [1.54, 1.807) is 20.0 Å². The molecule has 35 heavy (non-hydrogen) atoms. The van der Waals surface area contributed by atoms with Gasteiger partial charge in [-0.15, -0.1) is 11.8 Å². The summed E-state index contributed by atoms with van der Waals surface area (Å²) in [6.07, 6.45) is 4.93. The lowest BCUT2D eigenvalue weighted by molar-refractivity contribution is -0.138. The minimum Gasteiger partial charge on any atom is -0.480 e. The summed E-state index contributed by atoms with van der Waals surface area (Å²) in [6, 6.07) is 15.2. The average Bonchev–Trinajstić information content (AvgIpc) is 3.43. The number of aryl methyl sites for hydroxylation is 1. The molecule has 0 aliphatic heterocycles. The van der Waals surface area contributed by atoms with Gasteiger partial charge in [0, 0.05) is 23.2 Å². The number of unbranched alkanes of at least 4 members (excludes halogenated alkanes) is 2. The van der Waals surface area contributed by atoms with Gasteiger partial charge < -0.3 is 14.7 Å². The molecule has 9 heteroatoms. The molecule has 2 aromatic heterocycles. The summed E-state index contributed by atoms with van der Waals surface area (Å²) in [5.74, 6) is -0.126. The largest absolute Gasteiger partial charge is 0.480 e. The quantitative estimate of drug-likeness (QED) is 0.190. The van der Waals surface area contributed by atoms with Crippen LogP contribution in [0.15, 0.2) is 59.6 Å². The summed E-state index contributed by atoms with van der Waals surface area (Å²) >= 11 is 1.29. The molecule has 0 unspecified atom stereocenters. The molecule has 0 saturated heterocycles. The Kier molecular flexibility index (Phi) is 7.25. The molecule has 8 nitrogen and oxygen atoms in total. The third-order valence-corrected chi connectivity index (χ3v) is 6.83. The molecule has 0 aliphatic carbocycles. The predicted molar refractivity (Wildman–Crippen MR) is 139 cm³/mol. The molecule has 0 spiro atoms. The van der Waals surface area contributed by atoms with Crippen LogP contribution < -0.4 is 5.32 Å². The van der Waals surface area contributed by atoms with Crippen molar-refractivity contribution in [2.45, 2.75) is 56.2 Å². The summed E-state index contributed by atoms with van der Waals surface area (Å²) in [5.41, 5.74) is 2.79. The first-order chi connectivity index (χ1) is 16.8. The minimum absolute atomic E-state index is 0.308. The third-order valence-electron chi connectivity index (χ3n) is 5.63. The molecule has 0 fully saturated rings. The number of aromatic nitrogens is 4. The van der Waals surface area contributed by atoms with E-state index in [-0.39, 0.29) is 5.91 Å². The number of fused-ring (bicyclic) bond motifs is 1. The van der Waals surface area contributed by atoms with Crippen molar-refractivity contribution >= 4 is 40.6 Å². The number of H-pyrrole nitrogens is 1. The Morgan fingerprint density at radius 1 is 1.09 bits per heavy atom. The summed E-state index contributed by atoms with van der Waals surface area (Å²) in [6.45, 7) is 6.26. The first kappa shape index (κ1) is 24.5. The van der Waals surface area contributed by atoms with Crippen molar-refractivity contribution in [3.05, 3.63) is 60.4 Å². The lowest BCUT2D eigenvalue weighted by atomic mass is 10.2. The summed E-state index contributed by atoms with van der Waals surface area (Å²) in [4.78, 5) is 37.5. The van der Waals surface area contributed by atoms with E-state index in [2.05, 4.69) is 27.2 Å². The molecule has 4 rings (SSSR count). The number of carboxylic acids is 1. The van der Waals surface area contributed by atoms with E-state index in [1.165, 1.54) is 11.8 Å². The van der Waals surface area contributed by atoms with E-state index < -0.39 is 10.7 Å². The molecule has 0 radical (unpaired) electrons. The van der Waals surface area contributed by atoms with Crippen molar-refractivity contribution in [1.29, 1.82) is 0 Å². The first-order valence-corrected chi connectivity index (χ1v) is 12.4.